The number of methoxy groups -OCH3 is 1. The Kier molecular flexibility index (Phi) is 6.49. The van der Waals surface area contributed by atoms with E-state index in [1.54, 1.807) is 25.3 Å². The molecule has 0 radical (unpaired) electrons. The number of hydrogen-bond donors (Lipinski definition) is 1. The molecule has 0 aliphatic carbocycles. The number of aryl methyl sites for hydroxylation is 1. The summed E-state index contributed by atoms with van der Waals surface area (Å²) < 4.78 is 11.4. The molecule has 27 heavy (non-hydrogen) atoms. The molecule has 0 saturated carbocycles. The predicted molar refractivity (Wildman–Crippen MR) is 112 cm³/mol. The summed E-state index contributed by atoms with van der Waals surface area (Å²) in [6.45, 7) is 3.15. The van der Waals surface area contributed by atoms with E-state index in [0.717, 1.165) is 16.8 Å². The molecule has 3 aromatic carbocycles. The van der Waals surface area contributed by atoms with Crippen LogP contribution >= 0.6 is 23.2 Å². The van der Waals surface area contributed by atoms with Gasteiger partial charge < -0.3 is 14.8 Å². The number of halogens is 2. The average molecular weight is 402 g/mol. The molecule has 0 unspecified atom stereocenters. The Labute approximate surface area is 169 Å². The van der Waals surface area contributed by atoms with Crippen molar-refractivity contribution in [2.75, 3.05) is 12.4 Å². The third-order valence-corrected chi connectivity index (χ3v) is 4.72. The molecule has 140 valence electrons. The third-order valence-electron chi connectivity index (χ3n) is 4.15. The largest absolute Gasteiger partial charge is 0.493 e. The highest BCUT2D eigenvalue weighted by atomic mass is 35.5. The molecule has 5 heteroatoms. The van der Waals surface area contributed by atoms with Crippen LogP contribution in [-0.4, -0.2) is 7.11 Å². The molecule has 3 aromatic rings. The Morgan fingerprint density at radius 1 is 0.852 bits per heavy atom. The van der Waals surface area contributed by atoms with E-state index in [1.807, 2.05) is 18.2 Å². The molecule has 0 aliphatic rings. The first kappa shape index (κ1) is 19.4. The molecule has 0 fully saturated rings. The summed E-state index contributed by atoms with van der Waals surface area (Å²) in [5.74, 6) is 1.40. The summed E-state index contributed by atoms with van der Waals surface area (Å²) in [4.78, 5) is 0. The summed E-state index contributed by atoms with van der Waals surface area (Å²) in [5, 5.41) is 4.56. The van der Waals surface area contributed by atoms with Gasteiger partial charge in [-0.05, 0) is 48.4 Å². The van der Waals surface area contributed by atoms with Crippen molar-refractivity contribution in [3.05, 3.63) is 87.4 Å². The minimum Gasteiger partial charge on any atom is -0.493 e. The van der Waals surface area contributed by atoms with Crippen molar-refractivity contribution in [1.29, 1.82) is 0 Å². The van der Waals surface area contributed by atoms with Crippen LogP contribution in [0.25, 0.3) is 0 Å². The van der Waals surface area contributed by atoms with Gasteiger partial charge in [-0.1, -0.05) is 59.1 Å². The summed E-state index contributed by atoms with van der Waals surface area (Å²) in [6, 6.07) is 19.5. The highest BCUT2D eigenvalue weighted by Crippen LogP contribution is 2.30. The molecule has 0 aliphatic heterocycles. The van der Waals surface area contributed by atoms with Gasteiger partial charge in [0.2, 0.25) is 0 Å². The summed E-state index contributed by atoms with van der Waals surface area (Å²) >= 11 is 12.2. The van der Waals surface area contributed by atoms with Gasteiger partial charge in [0.15, 0.2) is 11.5 Å². The number of anilines is 1. The molecule has 0 spiro atoms. The Hall–Kier alpha value is -2.36. The van der Waals surface area contributed by atoms with E-state index in [0.29, 0.717) is 34.7 Å². The highest BCUT2D eigenvalue weighted by molar-refractivity contribution is 6.35. The van der Waals surface area contributed by atoms with Crippen molar-refractivity contribution >= 4 is 28.9 Å². The molecule has 3 nitrogen and oxygen atoms in total. The van der Waals surface area contributed by atoms with Crippen LogP contribution in [0.4, 0.5) is 5.69 Å². The minimum atomic E-state index is 0.492. The van der Waals surface area contributed by atoms with Gasteiger partial charge in [0.05, 0.1) is 17.8 Å². The lowest BCUT2D eigenvalue weighted by Crippen LogP contribution is -2.02. The van der Waals surface area contributed by atoms with E-state index >= 15 is 0 Å². The van der Waals surface area contributed by atoms with E-state index in [4.69, 9.17) is 32.7 Å². The van der Waals surface area contributed by atoms with Crippen LogP contribution in [0.5, 0.6) is 11.5 Å². The monoisotopic (exact) mass is 401 g/mol. The molecule has 3 rings (SSSR count). The van der Waals surface area contributed by atoms with Crippen LogP contribution in [-0.2, 0) is 13.2 Å². The van der Waals surface area contributed by atoms with Gasteiger partial charge in [0.1, 0.15) is 6.61 Å². The summed E-state index contributed by atoms with van der Waals surface area (Å²) in [7, 11) is 1.64. The summed E-state index contributed by atoms with van der Waals surface area (Å²) in [6.07, 6.45) is 0. The van der Waals surface area contributed by atoms with Gasteiger partial charge in [-0.15, -0.1) is 0 Å². The second-order valence-corrected chi connectivity index (χ2v) is 7.08. The zero-order valence-corrected chi connectivity index (χ0v) is 16.8. The second kappa shape index (κ2) is 9.03. The van der Waals surface area contributed by atoms with Gasteiger partial charge in [-0.2, -0.15) is 0 Å². The van der Waals surface area contributed by atoms with Crippen molar-refractivity contribution in [1.82, 2.24) is 0 Å². The molecule has 0 aromatic heterocycles. The fraction of sp³-hybridized carbons (Fsp3) is 0.182. The first-order valence-electron chi connectivity index (χ1n) is 8.59. The van der Waals surface area contributed by atoms with Gasteiger partial charge in [0, 0.05) is 11.6 Å². The predicted octanol–water partition coefficient (Wildman–Crippen LogP) is 6.50. The zero-order valence-electron chi connectivity index (χ0n) is 15.3. The highest BCUT2D eigenvalue weighted by Gasteiger charge is 2.08. The maximum atomic E-state index is 6.19. The van der Waals surface area contributed by atoms with Crippen molar-refractivity contribution in [3.8, 4) is 11.5 Å². The van der Waals surface area contributed by atoms with Crippen LogP contribution in [0.15, 0.2) is 60.7 Å². The van der Waals surface area contributed by atoms with Crippen molar-refractivity contribution in [2.45, 2.75) is 20.1 Å². The summed E-state index contributed by atoms with van der Waals surface area (Å²) in [5.41, 5.74) is 4.19. The smallest absolute Gasteiger partial charge is 0.161 e. The molecular formula is C22H21Cl2NO2. The van der Waals surface area contributed by atoms with Gasteiger partial charge in [-0.25, -0.2) is 0 Å². The Morgan fingerprint density at radius 2 is 1.59 bits per heavy atom. The van der Waals surface area contributed by atoms with Crippen LogP contribution in [0.1, 0.15) is 16.7 Å². The number of hydrogen-bond acceptors (Lipinski definition) is 3. The second-order valence-electron chi connectivity index (χ2n) is 6.24. The maximum Gasteiger partial charge on any atom is 0.161 e. The first-order valence-corrected chi connectivity index (χ1v) is 9.35. The Bertz CT molecular complexity index is 911. The van der Waals surface area contributed by atoms with Crippen molar-refractivity contribution in [2.24, 2.45) is 0 Å². The number of nitrogens with one attached hydrogen (secondary N) is 1. The Morgan fingerprint density at radius 3 is 2.33 bits per heavy atom. The first-order chi connectivity index (χ1) is 13.0. The van der Waals surface area contributed by atoms with Crippen LogP contribution in [0, 0.1) is 6.92 Å². The van der Waals surface area contributed by atoms with Crippen LogP contribution in [0.2, 0.25) is 10.0 Å². The minimum absolute atomic E-state index is 0.492. The van der Waals surface area contributed by atoms with E-state index in [2.05, 4.69) is 36.5 Å². The Balaban J connectivity index is 1.66. The van der Waals surface area contributed by atoms with Crippen LogP contribution < -0.4 is 14.8 Å². The number of rotatable bonds is 7. The SMILES string of the molecule is COc1cc(CNc2cc(Cl)ccc2Cl)ccc1OCc1ccc(C)cc1. The molecule has 0 atom stereocenters. The lowest BCUT2D eigenvalue weighted by Gasteiger charge is -2.14. The van der Waals surface area contributed by atoms with Crippen molar-refractivity contribution < 1.29 is 9.47 Å². The van der Waals surface area contributed by atoms with E-state index in [9.17, 15) is 0 Å². The van der Waals surface area contributed by atoms with Gasteiger partial charge in [-0.3, -0.25) is 0 Å². The fourth-order valence-electron chi connectivity index (χ4n) is 2.62. The van der Waals surface area contributed by atoms with Gasteiger partial charge in [0.25, 0.3) is 0 Å². The standard InChI is InChI=1S/C22H21Cl2NO2/c1-15-3-5-16(6-4-15)14-27-21-10-7-17(11-22(21)26-2)13-25-20-12-18(23)8-9-19(20)24/h3-12,25H,13-14H2,1-2H3. The molecule has 0 saturated heterocycles. The topological polar surface area (TPSA) is 30.5 Å². The van der Waals surface area contributed by atoms with Crippen molar-refractivity contribution in [3.63, 3.8) is 0 Å². The molecular weight excluding hydrogens is 381 g/mol. The quantitative estimate of drug-likeness (QED) is 0.489. The lowest BCUT2D eigenvalue weighted by atomic mass is 10.1. The zero-order chi connectivity index (χ0) is 19.2. The van der Waals surface area contributed by atoms with E-state index < -0.39 is 0 Å². The molecule has 0 heterocycles. The molecule has 1 N–H and O–H groups in total. The van der Waals surface area contributed by atoms with E-state index in [1.165, 1.54) is 5.56 Å². The molecule has 0 bridgehead atoms. The third kappa shape index (κ3) is 5.31. The maximum absolute atomic E-state index is 6.19. The normalized spacial score (nSPS) is 10.5. The fourth-order valence-corrected chi connectivity index (χ4v) is 2.97. The average Bonchev–Trinajstić information content (AvgIpc) is 2.68. The van der Waals surface area contributed by atoms with Gasteiger partial charge >= 0.3 is 0 Å². The van der Waals surface area contributed by atoms with E-state index in [-0.39, 0.29) is 0 Å². The lowest BCUT2D eigenvalue weighted by molar-refractivity contribution is 0.284. The number of ether oxygens (including phenoxy) is 2. The van der Waals surface area contributed by atoms with Crippen LogP contribution in [0.3, 0.4) is 0 Å². The molecule has 0 amide bonds. The number of benzene rings is 3.